The third kappa shape index (κ3) is 6.09. The fourth-order valence-electron chi connectivity index (χ4n) is 3.68. The summed E-state index contributed by atoms with van der Waals surface area (Å²) < 4.78 is 11.1. The van der Waals surface area contributed by atoms with E-state index in [1.807, 2.05) is 25.2 Å². The van der Waals surface area contributed by atoms with Crippen molar-refractivity contribution in [3.63, 3.8) is 0 Å². The number of piperidine rings is 1. The van der Waals surface area contributed by atoms with Crippen molar-refractivity contribution >= 4 is 40.9 Å². The Morgan fingerprint density at radius 1 is 1.29 bits per heavy atom. The largest absolute Gasteiger partial charge is 0.459 e. The Balaban J connectivity index is 0.00000280. The molecule has 2 N–H and O–H groups in total. The lowest BCUT2D eigenvalue weighted by atomic mass is 10.1. The van der Waals surface area contributed by atoms with E-state index in [0.717, 1.165) is 62.8 Å². The van der Waals surface area contributed by atoms with Crippen LogP contribution in [0.15, 0.2) is 33.7 Å². The molecule has 156 valence electrons. The van der Waals surface area contributed by atoms with Crippen molar-refractivity contribution in [1.82, 2.24) is 15.5 Å². The molecule has 3 rings (SSSR count). The molecule has 2 aromatic rings. The number of likely N-dealkylation sites (tertiary alicyclic amines) is 1. The molecule has 6 nitrogen and oxygen atoms in total. The van der Waals surface area contributed by atoms with Crippen molar-refractivity contribution < 1.29 is 9.15 Å². The monoisotopic (exact) mass is 500 g/mol. The maximum atomic E-state index is 5.98. The standard InChI is InChI=1S/C21H32N4O2.HI/c1-16-18-7-4-5-8-19(18)27-20(16)15-23-21(22-2)24-17-9-12-25(13-10-17)11-6-14-26-3;/h4-5,7-8,17H,6,9-15H2,1-3H3,(H2,22,23,24);1H. The lowest BCUT2D eigenvalue weighted by Crippen LogP contribution is -2.48. The normalized spacial score (nSPS) is 16.2. The molecule has 1 aliphatic rings. The molecule has 0 aliphatic carbocycles. The molecule has 0 bridgehead atoms. The van der Waals surface area contributed by atoms with Gasteiger partial charge in [-0.2, -0.15) is 0 Å². The van der Waals surface area contributed by atoms with Gasteiger partial charge in [0.2, 0.25) is 0 Å². The predicted molar refractivity (Wildman–Crippen MR) is 126 cm³/mol. The molecular formula is C21H33IN4O2. The Morgan fingerprint density at radius 2 is 2.04 bits per heavy atom. The molecular weight excluding hydrogens is 467 g/mol. The van der Waals surface area contributed by atoms with Gasteiger partial charge in [0.1, 0.15) is 11.3 Å². The number of hydrogen-bond donors (Lipinski definition) is 2. The van der Waals surface area contributed by atoms with Crippen molar-refractivity contribution in [3.8, 4) is 0 Å². The summed E-state index contributed by atoms with van der Waals surface area (Å²) in [4.78, 5) is 6.90. The van der Waals surface area contributed by atoms with Gasteiger partial charge in [-0.3, -0.25) is 4.99 Å². The van der Waals surface area contributed by atoms with E-state index >= 15 is 0 Å². The Hall–Kier alpha value is -1.32. The van der Waals surface area contributed by atoms with Gasteiger partial charge in [-0.25, -0.2) is 0 Å². The molecule has 0 unspecified atom stereocenters. The number of ether oxygens (including phenoxy) is 1. The van der Waals surface area contributed by atoms with E-state index in [4.69, 9.17) is 9.15 Å². The maximum absolute atomic E-state index is 5.98. The summed E-state index contributed by atoms with van der Waals surface area (Å²) in [7, 11) is 3.59. The zero-order valence-electron chi connectivity index (χ0n) is 17.2. The first-order valence-electron chi connectivity index (χ1n) is 9.86. The number of furan rings is 1. The number of hydrogen-bond acceptors (Lipinski definition) is 4. The van der Waals surface area contributed by atoms with Gasteiger partial charge >= 0.3 is 0 Å². The lowest BCUT2D eigenvalue weighted by Gasteiger charge is -2.33. The van der Waals surface area contributed by atoms with E-state index in [2.05, 4.69) is 33.5 Å². The molecule has 7 heteroatoms. The summed E-state index contributed by atoms with van der Waals surface area (Å²) in [5.74, 6) is 1.81. The first-order valence-corrected chi connectivity index (χ1v) is 9.86. The van der Waals surface area contributed by atoms with Crippen LogP contribution < -0.4 is 10.6 Å². The van der Waals surface area contributed by atoms with Crippen molar-refractivity contribution in [1.29, 1.82) is 0 Å². The highest BCUT2D eigenvalue weighted by molar-refractivity contribution is 14.0. The van der Waals surface area contributed by atoms with E-state index in [9.17, 15) is 0 Å². The lowest BCUT2D eigenvalue weighted by molar-refractivity contribution is 0.155. The number of nitrogens with zero attached hydrogens (tertiary/aromatic N) is 2. The van der Waals surface area contributed by atoms with Crippen LogP contribution >= 0.6 is 24.0 Å². The molecule has 1 aromatic carbocycles. The van der Waals surface area contributed by atoms with Crippen LogP contribution in [0.1, 0.15) is 30.6 Å². The van der Waals surface area contributed by atoms with Crippen LogP contribution in [-0.4, -0.2) is 57.3 Å². The van der Waals surface area contributed by atoms with Gasteiger partial charge in [0.05, 0.1) is 6.54 Å². The van der Waals surface area contributed by atoms with Gasteiger partial charge in [-0.1, -0.05) is 18.2 Å². The van der Waals surface area contributed by atoms with Gasteiger partial charge in [-0.15, -0.1) is 24.0 Å². The smallest absolute Gasteiger partial charge is 0.191 e. The number of para-hydroxylation sites is 1. The van der Waals surface area contributed by atoms with Gasteiger partial charge < -0.3 is 24.7 Å². The number of rotatable bonds is 7. The second-order valence-corrected chi connectivity index (χ2v) is 7.18. The van der Waals surface area contributed by atoms with E-state index in [0.29, 0.717) is 12.6 Å². The third-order valence-corrected chi connectivity index (χ3v) is 5.33. The van der Waals surface area contributed by atoms with Crippen LogP contribution in [-0.2, 0) is 11.3 Å². The third-order valence-electron chi connectivity index (χ3n) is 5.33. The highest BCUT2D eigenvalue weighted by Gasteiger charge is 2.20. The summed E-state index contributed by atoms with van der Waals surface area (Å²) in [5.41, 5.74) is 2.13. The summed E-state index contributed by atoms with van der Waals surface area (Å²) >= 11 is 0. The van der Waals surface area contributed by atoms with E-state index in [-0.39, 0.29) is 24.0 Å². The number of aliphatic imine (C=N–C) groups is 1. The minimum atomic E-state index is 0. The first kappa shape index (κ1) is 23.0. The molecule has 1 fully saturated rings. The van der Waals surface area contributed by atoms with Crippen molar-refractivity contribution in [3.05, 3.63) is 35.6 Å². The Kier molecular flexibility index (Phi) is 9.53. The number of benzene rings is 1. The van der Waals surface area contributed by atoms with Crippen LogP contribution in [0.3, 0.4) is 0 Å². The Labute approximate surface area is 185 Å². The minimum absolute atomic E-state index is 0. The number of nitrogens with one attached hydrogen (secondary N) is 2. The number of halogens is 1. The zero-order valence-corrected chi connectivity index (χ0v) is 19.5. The number of methoxy groups -OCH3 is 1. The summed E-state index contributed by atoms with van der Waals surface area (Å²) in [6.07, 6.45) is 3.38. The van der Waals surface area contributed by atoms with Crippen LogP contribution in [0.5, 0.6) is 0 Å². The van der Waals surface area contributed by atoms with Crippen LogP contribution in [0.25, 0.3) is 11.0 Å². The van der Waals surface area contributed by atoms with Crippen molar-refractivity contribution in [2.45, 2.75) is 38.8 Å². The van der Waals surface area contributed by atoms with Gasteiger partial charge in [-0.05, 0) is 32.3 Å². The Morgan fingerprint density at radius 3 is 2.71 bits per heavy atom. The molecule has 0 atom stereocenters. The first-order chi connectivity index (χ1) is 13.2. The summed E-state index contributed by atoms with van der Waals surface area (Å²) in [6.45, 7) is 6.96. The number of guanidine groups is 1. The molecule has 1 aliphatic heterocycles. The van der Waals surface area contributed by atoms with Crippen molar-refractivity contribution in [2.75, 3.05) is 40.4 Å². The molecule has 1 saturated heterocycles. The second kappa shape index (κ2) is 11.6. The van der Waals surface area contributed by atoms with Crippen molar-refractivity contribution in [2.24, 2.45) is 4.99 Å². The van der Waals surface area contributed by atoms with E-state index < -0.39 is 0 Å². The fourth-order valence-corrected chi connectivity index (χ4v) is 3.68. The average molecular weight is 500 g/mol. The fraction of sp³-hybridized carbons (Fsp3) is 0.571. The Bertz CT molecular complexity index is 754. The average Bonchev–Trinajstić information content (AvgIpc) is 3.02. The number of fused-ring (bicyclic) bond motifs is 1. The minimum Gasteiger partial charge on any atom is -0.459 e. The molecule has 28 heavy (non-hydrogen) atoms. The molecule has 0 amide bonds. The second-order valence-electron chi connectivity index (χ2n) is 7.18. The zero-order chi connectivity index (χ0) is 19.1. The quantitative estimate of drug-likeness (QED) is 0.264. The van der Waals surface area contributed by atoms with E-state index in [1.165, 1.54) is 10.9 Å². The molecule has 2 heterocycles. The SMILES string of the molecule is CN=C(NCc1oc2ccccc2c1C)NC1CCN(CCCOC)CC1.I. The van der Waals surface area contributed by atoms with Gasteiger partial charge in [0, 0.05) is 57.4 Å². The summed E-state index contributed by atoms with van der Waals surface area (Å²) in [5, 5.41) is 8.14. The van der Waals surface area contributed by atoms with Crippen LogP contribution in [0, 0.1) is 6.92 Å². The highest BCUT2D eigenvalue weighted by Crippen LogP contribution is 2.24. The highest BCUT2D eigenvalue weighted by atomic mass is 127. The van der Waals surface area contributed by atoms with Gasteiger partial charge in [0.15, 0.2) is 5.96 Å². The number of aryl methyl sites for hydroxylation is 1. The van der Waals surface area contributed by atoms with Gasteiger partial charge in [0.25, 0.3) is 0 Å². The summed E-state index contributed by atoms with van der Waals surface area (Å²) in [6, 6.07) is 8.63. The predicted octanol–water partition coefficient (Wildman–Crippen LogP) is 3.53. The topological polar surface area (TPSA) is 62.0 Å². The molecule has 1 aromatic heterocycles. The van der Waals surface area contributed by atoms with Crippen LogP contribution in [0.4, 0.5) is 0 Å². The van der Waals surface area contributed by atoms with E-state index in [1.54, 1.807) is 7.11 Å². The molecule has 0 saturated carbocycles. The maximum Gasteiger partial charge on any atom is 0.191 e. The molecule has 0 radical (unpaired) electrons. The van der Waals surface area contributed by atoms with Crippen LogP contribution in [0.2, 0.25) is 0 Å². The molecule has 0 spiro atoms.